The fraction of sp³-hybridized carbons (Fsp3) is 0.900. The van der Waals surface area contributed by atoms with Crippen LogP contribution in [-0.2, 0) is 9.53 Å². The molecule has 0 aliphatic rings. The van der Waals surface area contributed by atoms with E-state index < -0.39 is 12.8 Å². The van der Waals surface area contributed by atoms with Gasteiger partial charge in [-0.3, -0.25) is 4.79 Å². The van der Waals surface area contributed by atoms with Crippen molar-refractivity contribution >= 4 is 5.91 Å². The van der Waals surface area contributed by atoms with Gasteiger partial charge in [0.1, 0.15) is 6.61 Å². The van der Waals surface area contributed by atoms with E-state index in [4.69, 9.17) is 5.11 Å². The highest BCUT2D eigenvalue weighted by Gasteiger charge is 2.27. The van der Waals surface area contributed by atoms with Crippen molar-refractivity contribution in [3.05, 3.63) is 0 Å². The minimum Gasteiger partial charge on any atom is -0.396 e. The summed E-state index contributed by atoms with van der Waals surface area (Å²) in [4.78, 5) is 11.2. The average molecular weight is 257 g/mol. The number of hydrogen-bond acceptors (Lipinski definition) is 3. The molecule has 1 atom stereocenters. The summed E-state index contributed by atoms with van der Waals surface area (Å²) < 4.78 is 39.3. The standard InChI is InChI=1S/C10H18F3NO3/c1-8(3-2-5-15)14-9(16)4-6-17-7-10(11,12)13/h8,15H,2-7H2,1H3,(H,14,16). The molecule has 0 spiro atoms. The second kappa shape index (κ2) is 8.30. The van der Waals surface area contributed by atoms with Gasteiger partial charge in [0.2, 0.25) is 5.91 Å². The summed E-state index contributed by atoms with van der Waals surface area (Å²) in [5, 5.41) is 11.2. The van der Waals surface area contributed by atoms with Gasteiger partial charge in [0.25, 0.3) is 0 Å². The van der Waals surface area contributed by atoms with E-state index >= 15 is 0 Å². The molecule has 102 valence electrons. The Morgan fingerprint density at radius 2 is 2.12 bits per heavy atom. The minimum absolute atomic E-state index is 0.0505. The van der Waals surface area contributed by atoms with Gasteiger partial charge < -0.3 is 15.2 Å². The van der Waals surface area contributed by atoms with Gasteiger partial charge in [0, 0.05) is 19.1 Å². The minimum atomic E-state index is -4.36. The van der Waals surface area contributed by atoms with Crippen LogP contribution in [0, 0.1) is 0 Å². The molecule has 0 aromatic carbocycles. The van der Waals surface area contributed by atoms with E-state index in [2.05, 4.69) is 10.1 Å². The third-order valence-corrected chi connectivity index (χ3v) is 1.94. The first-order chi connectivity index (χ1) is 7.85. The van der Waals surface area contributed by atoms with E-state index in [-0.39, 0.29) is 31.6 Å². The zero-order valence-corrected chi connectivity index (χ0v) is 9.72. The van der Waals surface area contributed by atoms with Crippen LogP contribution in [0.5, 0.6) is 0 Å². The number of aliphatic hydroxyl groups excluding tert-OH is 1. The van der Waals surface area contributed by atoms with E-state index in [0.717, 1.165) is 0 Å². The van der Waals surface area contributed by atoms with Crippen LogP contribution in [0.15, 0.2) is 0 Å². The predicted molar refractivity (Wildman–Crippen MR) is 55.4 cm³/mol. The van der Waals surface area contributed by atoms with Crippen molar-refractivity contribution in [3.63, 3.8) is 0 Å². The number of carbonyl (C=O) groups is 1. The molecule has 1 unspecified atom stereocenters. The second-order valence-corrected chi connectivity index (χ2v) is 3.75. The maximum atomic E-state index is 11.7. The summed E-state index contributed by atoms with van der Waals surface area (Å²) in [6.07, 6.45) is -3.25. The number of ether oxygens (including phenoxy) is 1. The maximum Gasteiger partial charge on any atom is 0.411 e. The first-order valence-corrected chi connectivity index (χ1v) is 5.40. The summed E-state index contributed by atoms with van der Waals surface area (Å²) >= 11 is 0. The van der Waals surface area contributed by atoms with E-state index in [1.54, 1.807) is 6.92 Å². The Hall–Kier alpha value is -0.820. The molecule has 0 bridgehead atoms. The van der Waals surface area contributed by atoms with Crippen molar-refractivity contribution in [2.75, 3.05) is 19.8 Å². The van der Waals surface area contributed by atoms with Crippen LogP contribution in [0.4, 0.5) is 13.2 Å². The molecular formula is C10H18F3NO3. The largest absolute Gasteiger partial charge is 0.411 e. The first kappa shape index (κ1) is 16.2. The molecule has 0 rings (SSSR count). The Bertz CT molecular complexity index is 221. The summed E-state index contributed by atoms with van der Waals surface area (Å²) in [7, 11) is 0. The number of hydrogen-bond donors (Lipinski definition) is 2. The number of halogens is 3. The fourth-order valence-electron chi connectivity index (χ4n) is 1.17. The van der Waals surface area contributed by atoms with Crippen LogP contribution in [0.1, 0.15) is 26.2 Å². The van der Waals surface area contributed by atoms with Gasteiger partial charge in [-0.05, 0) is 19.8 Å². The SMILES string of the molecule is CC(CCCO)NC(=O)CCOCC(F)(F)F. The quantitative estimate of drug-likeness (QED) is 0.643. The molecule has 0 saturated carbocycles. The van der Waals surface area contributed by atoms with Crippen molar-refractivity contribution < 1.29 is 27.8 Å². The van der Waals surface area contributed by atoms with Crippen molar-refractivity contribution in [1.29, 1.82) is 0 Å². The monoisotopic (exact) mass is 257 g/mol. The number of alkyl halides is 3. The number of amides is 1. The van der Waals surface area contributed by atoms with Gasteiger partial charge in [0.15, 0.2) is 0 Å². The van der Waals surface area contributed by atoms with Crippen LogP contribution >= 0.6 is 0 Å². The molecule has 0 aliphatic heterocycles. The number of nitrogens with one attached hydrogen (secondary N) is 1. The van der Waals surface area contributed by atoms with Crippen LogP contribution in [0.2, 0.25) is 0 Å². The Kier molecular flexibility index (Phi) is 7.90. The van der Waals surface area contributed by atoms with Crippen molar-refractivity contribution in [2.45, 2.75) is 38.4 Å². The maximum absolute atomic E-state index is 11.7. The van der Waals surface area contributed by atoms with Gasteiger partial charge in [-0.15, -0.1) is 0 Å². The van der Waals surface area contributed by atoms with E-state index in [9.17, 15) is 18.0 Å². The highest BCUT2D eigenvalue weighted by molar-refractivity contribution is 5.76. The third kappa shape index (κ3) is 11.4. The Labute approximate surface area is 98.1 Å². The van der Waals surface area contributed by atoms with E-state index in [0.29, 0.717) is 12.8 Å². The summed E-state index contributed by atoms with van der Waals surface area (Å²) in [6, 6.07) is -0.0998. The van der Waals surface area contributed by atoms with Crippen LogP contribution in [0.3, 0.4) is 0 Å². The molecule has 0 fully saturated rings. The summed E-state index contributed by atoms with van der Waals surface area (Å²) in [6.45, 7) is 0.234. The van der Waals surface area contributed by atoms with Crippen molar-refractivity contribution in [1.82, 2.24) is 5.32 Å². The van der Waals surface area contributed by atoms with Crippen LogP contribution < -0.4 is 5.32 Å². The smallest absolute Gasteiger partial charge is 0.396 e. The number of rotatable bonds is 8. The predicted octanol–water partition coefficient (Wildman–Crippen LogP) is 1.23. The molecule has 4 nitrogen and oxygen atoms in total. The molecule has 0 radical (unpaired) electrons. The Morgan fingerprint density at radius 1 is 1.47 bits per heavy atom. The average Bonchev–Trinajstić information content (AvgIpc) is 2.20. The molecule has 17 heavy (non-hydrogen) atoms. The van der Waals surface area contributed by atoms with Crippen molar-refractivity contribution in [2.24, 2.45) is 0 Å². The molecule has 0 aromatic heterocycles. The fourth-order valence-corrected chi connectivity index (χ4v) is 1.17. The second-order valence-electron chi connectivity index (χ2n) is 3.75. The highest BCUT2D eigenvalue weighted by atomic mass is 19.4. The normalized spacial score (nSPS) is 13.5. The first-order valence-electron chi connectivity index (χ1n) is 5.40. The molecule has 1 amide bonds. The zero-order valence-electron chi connectivity index (χ0n) is 9.72. The molecule has 0 aliphatic carbocycles. The lowest BCUT2D eigenvalue weighted by Gasteiger charge is -2.13. The van der Waals surface area contributed by atoms with E-state index in [1.807, 2.05) is 0 Å². The third-order valence-electron chi connectivity index (χ3n) is 1.94. The lowest BCUT2D eigenvalue weighted by Crippen LogP contribution is -2.33. The highest BCUT2D eigenvalue weighted by Crippen LogP contribution is 2.14. The topological polar surface area (TPSA) is 58.6 Å². The molecule has 7 heteroatoms. The number of aliphatic hydroxyl groups is 1. The lowest BCUT2D eigenvalue weighted by molar-refractivity contribution is -0.174. The Morgan fingerprint density at radius 3 is 2.65 bits per heavy atom. The Balaban J connectivity index is 3.53. The summed E-state index contributed by atoms with van der Waals surface area (Å²) in [5.41, 5.74) is 0. The molecular weight excluding hydrogens is 239 g/mol. The zero-order chi connectivity index (χ0) is 13.3. The van der Waals surface area contributed by atoms with Gasteiger partial charge in [0.05, 0.1) is 6.61 Å². The van der Waals surface area contributed by atoms with Gasteiger partial charge in [-0.1, -0.05) is 0 Å². The van der Waals surface area contributed by atoms with Crippen molar-refractivity contribution in [3.8, 4) is 0 Å². The van der Waals surface area contributed by atoms with Gasteiger partial charge in [-0.2, -0.15) is 13.2 Å². The molecule has 0 aromatic rings. The van der Waals surface area contributed by atoms with Gasteiger partial charge in [-0.25, -0.2) is 0 Å². The molecule has 0 heterocycles. The van der Waals surface area contributed by atoms with E-state index in [1.165, 1.54) is 0 Å². The van der Waals surface area contributed by atoms with Gasteiger partial charge >= 0.3 is 6.18 Å². The summed E-state index contributed by atoms with van der Waals surface area (Å²) in [5.74, 6) is -0.349. The lowest BCUT2D eigenvalue weighted by atomic mass is 10.2. The molecule has 2 N–H and O–H groups in total. The molecule has 0 saturated heterocycles. The van der Waals surface area contributed by atoms with Crippen LogP contribution in [0.25, 0.3) is 0 Å². The number of carbonyl (C=O) groups excluding carboxylic acids is 1. The van der Waals surface area contributed by atoms with Crippen LogP contribution in [-0.4, -0.2) is 43.1 Å².